The summed E-state index contributed by atoms with van der Waals surface area (Å²) in [4.78, 5) is 16.3. The van der Waals surface area contributed by atoms with Crippen molar-refractivity contribution >= 4 is 16.9 Å². The molecule has 3 N–H and O–H groups in total. The van der Waals surface area contributed by atoms with Crippen molar-refractivity contribution in [3.8, 4) is 29.2 Å². The Kier molecular flexibility index (Phi) is 3.71. The lowest BCUT2D eigenvalue weighted by molar-refractivity contribution is 0.461. The third-order valence-corrected chi connectivity index (χ3v) is 3.83. The number of nitrogen functional groups attached to an aromatic ring is 1. The highest BCUT2D eigenvalue weighted by Crippen LogP contribution is 2.27. The normalized spacial score (nSPS) is 10.6. The Labute approximate surface area is 152 Å². The van der Waals surface area contributed by atoms with E-state index in [9.17, 15) is 0 Å². The molecule has 2 aromatic carbocycles. The molecule has 0 aliphatic carbocycles. The smallest absolute Gasteiger partial charge is 0.238 e. The van der Waals surface area contributed by atoms with E-state index in [0.29, 0.717) is 22.8 Å². The lowest BCUT2D eigenvalue weighted by Crippen LogP contribution is -2.00. The first-order valence-corrected chi connectivity index (χ1v) is 7.89. The summed E-state index contributed by atoms with van der Waals surface area (Å²) in [5.74, 6) is 1.53. The fourth-order valence-corrected chi connectivity index (χ4v) is 2.59. The molecule has 2 aromatic heterocycles. The molecule has 0 bridgehead atoms. The topological polar surface area (TPSA) is 114 Å². The van der Waals surface area contributed by atoms with Gasteiger partial charge in [-0.15, -0.1) is 0 Å². The minimum Gasteiger partial charge on any atom is -0.437 e. The summed E-state index contributed by atoms with van der Waals surface area (Å²) in [7, 11) is 0. The average molecular weight is 346 g/mol. The molecular weight excluding hydrogens is 328 g/mol. The van der Waals surface area contributed by atoms with Crippen molar-refractivity contribution in [1.82, 2.24) is 19.9 Å². The molecule has 130 valence electrons. The highest BCUT2D eigenvalue weighted by Gasteiger charge is 2.13. The molecule has 0 unspecified atom stereocenters. The first kappa shape index (κ1) is 15.6. The summed E-state index contributed by atoms with van der Waals surface area (Å²) in [5, 5.41) is 8.98. The molecule has 7 heteroatoms. The van der Waals surface area contributed by atoms with Gasteiger partial charge in [-0.1, -0.05) is 12.1 Å². The summed E-state index contributed by atoms with van der Waals surface area (Å²) in [6.45, 7) is 2.01. The third kappa shape index (κ3) is 2.91. The zero-order chi connectivity index (χ0) is 18.1. The maximum atomic E-state index is 8.98. The predicted molar refractivity (Wildman–Crippen MR) is 102 cm³/mol. The van der Waals surface area contributed by atoms with Crippen LogP contribution in [-0.2, 0) is 0 Å². The Bertz CT molecular complexity index is 1170. The van der Waals surface area contributed by atoms with E-state index in [1.54, 1.807) is 24.3 Å². The zero-order valence-corrected chi connectivity index (χ0v) is 13.9. The molecule has 0 spiro atoms. The van der Waals surface area contributed by atoms with Crippen molar-refractivity contribution in [2.24, 2.45) is 0 Å². The molecule has 0 radical (unpaired) electrons. The van der Waals surface area contributed by atoms with E-state index >= 15 is 0 Å². The zero-order valence-electron chi connectivity index (χ0n) is 13.9. The maximum Gasteiger partial charge on any atom is 0.238 e. The lowest BCUT2D eigenvalue weighted by Gasteiger charge is -2.07. The predicted octanol–water partition coefficient (Wildman–Crippen LogP) is 4.07. The number of aryl methyl sites for hydroxylation is 1. The molecule has 2 heterocycles. The second-order valence-electron chi connectivity index (χ2n) is 5.79. The van der Waals surface area contributed by atoms with Crippen LogP contribution in [-0.4, -0.2) is 19.9 Å². The molecule has 0 aliphatic heterocycles. The van der Waals surface area contributed by atoms with E-state index in [1.165, 1.54) is 6.20 Å². The first-order valence-electron chi connectivity index (χ1n) is 7.89. The fourth-order valence-electron chi connectivity index (χ4n) is 2.59. The van der Waals surface area contributed by atoms with E-state index in [2.05, 4.69) is 26.0 Å². The van der Waals surface area contributed by atoms with Crippen LogP contribution in [0.15, 0.2) is 48.7 Å². The molecule has 4 aromatic rings. The van der Waals surface area contributed by atoms with Crippen molar-refractivity contribution in [2.75, 3.05) is 5.73 Å². The number of hydrogen-bond donors (Lipinski definition) is 2. The number of nitrogens with two attached hydrogens (primary N) is 1. The van der Waals surface area contributed by atoms with Crippen LogP contribution in [0.5, 0.6) is 11.6 Å². The van der Waals surface area contributed by atoms with E-state index in [1.807, 2.05) is 25.1 Å². The molecular formula is C19H18N6O. The molecule has 0 atom stereocenters. The molecule has 0 saturated carbocycles. The number of hydrogen-bond acceptors (Lipinski definition) is 6. The van der Waals surface area contributed by atoms with Crippen LogP contribution in [0.2, 0.25) is 0 Å². The number of aromatic amines is 1. The molecule has 0 amide bonds. The quantitative estimate of drug-likeness (QED) is 0.578. The average Bonchev–Trinajstić information content (AvgIpc) is 3.06. The minimum atomic E-state index is 0. The number of ether oxygens (including phenoxy) is 1. The summed E-state index contributed by atoms with van der Waals surface area (Å²) in [5.41, 5.74) is 9.73. The highest BCUT2D eigenvalue weighted by molar-refractivity contribution is 5.81. The van der Waals surface area contributed by atoms with Crippen LogP contribution in [0.4, 0.5) is 5.82 Å². The van der Waals surface area contributed by atoms with E-state index in [4.69, 9.17) is 15.7 Å². The lowest BCUT2D eigenvalue weighted by atomic mass is 10.2. The van der Waals surface area contributed by atoms with Gasteiger partial charge in [-0.05, 0) is 42.8 Å². The Hall–Kier alpha value is -3.92. The van der Waals surface area contributed by atoms with Crippen molar-refractivity contribution in [2.45, 2.75) is 6.92 Å². The molecule has 26 heavy (non-hydrogen) atoms. The van der Waals surface area contributed by atoms with Gasteiger partial charge < -0.3 is 15.5 Å². The Morgan fingerprint density at radius 2 is 2.08 bits per heavy atom. The number of benzene rings is 2. The van der Waals surface area contributed by atoms with Crippen molar-refractivity contribution in [3.05, 3.63) is 59.8 Å². The fraction of sp³-hybridized carbons (Fsp3) is 0.0526. The number of fused-ring (bicyclic) bond motifs is 1. The van der Waals surface area contributed by atoms with Gasteiger partial charge in [0.2, 0.25) is 5.88 Å². The van der Waals surface area contributed by atoms with Crippen molar-refractivity contribution < 1.29 is 7.59 Å². The summed E-state index contributed by atoms with van der Waals surface area (Å²) in [6.07, 6.45) is 1.44. The Morgan fingerprint density at radius 3 is 2.92 bits per heavy atom. The van der Waals surface area contributed by atoms with Gasteiger partial charge >= 0.3 is 0 Å². The maximum absolute atomic E-state index is 8.98. The van der Waals surface area contributed by atoms with E-state index < -0.39 is 0 Å². The summed E-state index contributed by atoms with van der Waals surface area (Å²) < 4.78 is 5.71. The standard InChI is InChI=1S/C19H14N6O.2H2/c1-11-5-6-14-15(7-11)24-19(23-14)17-18(21)22-10-16(25-17)26-13-4-2-3-12(8-13)9-20;;/h2-8,10H,1H3,(H2,21,22)(H,23,24);2*1H. The second-order valence-corrected chi connectivity index (χ2v) is 5.79. The number of H-pyrrole nitrogens is 1. The van der Waals surface area contributed by atoms with E-state index in [0.717, 1.165) is 16.6 Å². The van der Waals surface area contributed by atoms with Crippen LogP contribution in [0.1, 0.15) is 14.0 Å². The summed E-state index contributed by atoms with van der Waals surface area (Å²) >= 11 is 0. The molecule has 7 nitrogen and oxygen atoms in total. The highest BCUT2D eigenvalue weighted by atomic mass is 16.5. The van der Waals surface area contributed by atoms with Gasteiger partial charge in [-0.3, -0.25) is 0 Å². The third-order valence-electron chi connectivity index (χ3n) is 3.83. The van der Waals surface area contributed by atoms with Gasteiger partial charge in [0.15, 0.2) is 17.3 Å². The first-order chi connectivity index (χ1) is 12.6. The number of imidazole rings is 1. The number of anilines is 1. The number of nitrogens with zero attached hydrogens (tertiary/aromatic N) is 4. The van der Waals surface area contributed by atoms with Gasteiger partial charge in [-0.2, -0.15) is 5.26 Å². The van der Waals surface area contributed by atoms with Crippen molar-refractivity contribution in [1.29, 1.82) is 5.26 Å². The number of rotatable bonds is 3. The van der Waals surface area contributed by atoms with Gasteiger partial charge in [0.1, 0.15) is 5.75 Å². The summed E-state index contributed by atoms with van der Waals surface area (Å²) in [6, 6.07) is 14.8. The van der Waals surface area contributed by atoms with Crippen LogP contribution in [0.3, 0.4) is 0 Å². The molecule has 0 saturated heterocycles. The van der Waals surface area contributed by atoms with E-state index in [-0.39, 0.29) is 14.6 Å². The van der Waals surface area contributed by atoms with Gasteiger partial charge in [-0.25, -0.2) is 15.0 Å². The number of aromatic nitrogens is 4. The number of nitriles is 1. The molecule has 4 rings (SSSR count). The van der Waals surface area contributed by atoms with Crippen LogP contribution in [0.25, 0.3) is 22.6 Å². The largest absolute Gasteiger partial charge is 0.437 e. The van der Waals surface area contributed by atoms with Gasteiger partial charge in [0.25, 0.3) is 0 Å². The van der Waals surface area contributed by atoms with Crippen LogP contribution < -0.4 is 10.5 Å². The number of nitrogens with one attached hydrogen (secondary N) is 1. The molecule has 0 fully saturated rings. The van der Waals surface area contributed by atoms with Crippen LogP contribution >= 0.6 is 0 Å². The van der Waals surface area contributed by atoms with Gasteiger partial charge in [0, 0.05) is 2.85 Å². The minimum absolute atomic E-state index is 0. The van der Waals surface area contributed by atoms with Crippen molar-refractivity contribution in [3.63, 3.8) is 0 Å². The Balaban J connectivity index is 0.00000140. The van der Waals surface area contributed by atoms with Gasteiger partial charge in [0.05, 0.1) is 28.9 Å². The molecule has 0 aliphatic rings. The second kappa shape index (κ2) is 6.18. The monoisotopic (exact) mass is 346 g/mol. The Morgan fingerprint density at radius 1 is 1.19 bits per heavy atom. The van der Waals surface area contributed by atoms with Crippen LogP contribution in [0, 0.1) is 18.3 Å². The SMILES string of the molecule is Cc1ccc2nc(-c3nc(Oc4cccc(C#N)c4)cnc3N)[nH]c2c1.[HH].[HH].